The molecule has 1 N–H and O–H groups in total. The van der Waals surface area contributed by atoms with Crippen LogP contribution in [0.4, 0.5) is 0 Å². The average Bonchev–Trinajstić information content (AvgIpc) is 2.45. The normalized spacial score (nSPS) is 12.3. The summed E-state index contributed by atoms with van der Waals surface area (Å²) in [5.41, 5.74) is 2.25. The van der Waals surface area contributed by atoms with Crippen LogP contribution in [0.25, 0.3) is 0 Å². The number of benzene rings is 2. The molecule has 0 atom stereocenters. The fourth-order valence-electron chi connectivity index (χ4n) is 2.32. The fourth-order valence-corrected chi connectivity index (χ4v) is 3.13. The van der Waals surface area contributed by atoms with E-state index in [0.717, 1.165) is 11.1 Å². The summed E-state index contributed by atoms with van der Waals surface area (Å²) in [5, 5.41) is 0. The molecular weight excluding hydrogens is 342 g/mol. The van der Waals surface area contributed by atoms with Gasteiger partial charge in [0.1, 0.15) is 11.5 Å². The molecule has 0 unspecified atom stereocenters. The van der Waals surface area contributed by atoms with Gasteiger partial charge < -0.3 is 10.5 Å². The van der Waals surface area contributed by atoms with E-state index in [9.17, 15) is 9.46 Å². The Kier molecular flexibility index (Phi) is 7.24. The minimum atomic E-state index is -4.25. The van der Waals surface area contributed by atoms with Crippen LogP contribution in [0.1, 0.15) is 54.1 Å². The molecular formula is C20H28LiO4P. The van der Waals surface area contributed by atoms with Crippen LogP contribution in [0.15, 0.2) is 48.5 Å². The summed E-state index contributed by atoms with van der Waals surface area (Å²) in [6.45, 7) is 12.6. The topological polar surface area (TPSA) is 55.8 Å². The number of hydrogen-bond donors (Lipinski definition) is 1. The van der Waals surface area contributed by atoms with E-state index in [2.05, 4.69) is 41.5 Å². The second kappa shape index (κ2) is 8.24. The summed E-state index contributed by atoms with van der Waals surface area (Å²) >= 11 is 0. The summed E-state index contributed by atoms with van der Waals surface area (Å²) in [6, 6.07) is 14.2. The molecule has 6 heteroatoms. The molecule has 0 aromatic heterocycles. The van der Waals surface area contributed by atoms with Gasteiger partial charge in [0, 0.05) is 0 Å². The first-order chi connectivity index (χ1) is 11.4. The largest absolute Gasteiger partial charge is 1.00 e. The molecule has 0 fully saturated rings. The van der Waals surface area contributed by atoms with Crippen LogP contribution < -0.4 is 27.9 Å². The van der Waals surface area contributed by atoms with Crippen molar-refractivity contribution in [2.75, 3.05) is 0 Å². The third-order valence-corrected chi connectivity index (χ3v) is 4.77. The molecule has 0 bridgehead atoms. The minimum absolute atomic E-state index is 0. The van der Waals surface area contributed by atoms with Crippen LogP contribution in [0.3, 0.4) is 0 Å². The summed E-state index contributed by atoms with van der Waals surface area (Å²) in [6.07, 6.45) is 0. The van der Waals surface area contributed by atoms with Crippen molar-refractivity contribution in [3.05, 3.63) is 59.7 Å². The van der Waals surface area contributed by atoms with Gasteiger partial charge in [-0.05, 0) is 46.2 Å². The van der Waals surface area contributed by atoms with E-state index >= 15 is 0 Å². The number of phosphoric acid groups is 1. The zero-order valence-electron chi connectivity index (χ0n) is 17.7. The molecule has 2 rings (SSSR count). The van der Waals surface area contributed by atoms with Gasteiger partial charge in [0.05, 0.1) is 0 Å². The molecule has 0 radical (unpaired) electrons. The van der Waals surface area contributed by atoms with Gasteiger partial charge >= 0.3 is 26.7 Å². The third kappa shape index (κ3) is 6.52. The number of rotatable bonds is 4. The van der Waals surface area contributed by atoms with Crippen LogP contribution in [-0.2, 0) is 15.4 Å². The monoisotopic (exact) mass is 370 g/mol. The van der Waals surface area contributed by atoms with Gasteiger partial charge in [0.2, 0.25) is 0 Å². The first-order valence-corrected chi connectivity index (χ1v) is 9.79. The van der Waals surface area contributed by atoms with E-state index in [-0.39, 0.29) is 31.1 Å². The second-order valence-corrected chi connectivity index (χ2v) is 9.50. The van der Waals surface area contributed by atoms with Gasteiger partial charge in [0.25, 0.3) is 0 Å². The molecule has 0 aliphatic heterocycles. The van der Waals surface area contributed by atoms with Gasteiger partial charge in [0.15, 0.2) is 0 Å². The average molecular weight is 370 g/mol. The van der Waals surface area contributed by atoms with Crippen molar-refractivity contribution in [2.45, 2.75) is 52.4 Å². The van der Waals surface area contributed by atoms with Crippen LogP contribution in [0.5, 0.6) is 11.5 Å². The molecule has 26 heavy (non-hydrogen) atoms. The first kappa shape index (κ1) is 22.9. The van der Waals surface area contributed by atoms with E-state index in [1.807, 2.05) is 24.3 Å². The number of phosphoric ester groups is 1. The predicted molar refractivity (Wildman–Crippen MR) is 102 cm³/mol. The van der Waals surface area contributed by atoms with Crippen molar-refractivity contribution >= 4 is 7.82 Å². The third-order valence-electron chi connectivity index (χ3n) is 3.88. The molecule has 0 aliphatic rings. The van der Waals surface area contributed by atoms with E-state index in [1.54, 1.807) is 24.3 Å². The van der Waals surface area contributed by atoms with Crippen LogP contribution in [0, 0.1) is 0 Å². The maximum Gasteiger partial charge on any atom is 1.00 e. The Hall–Kier alpha value is -1.17. The Morgan fingerprint density at radius 3 is 1.23 bits per heavy atom. The van der Waals surface area contributed by atoms with Gasteiger partial charge in [-0.1, -0.05) is 65.8 Å². The van der Waals surface area contributed by atoms with Gasteiger partial charge in [-0.25, -0.2) is 4.57 Å². The van der Waals surface area contributed by atoms with E-state index in [4.69, 9.17) is 9.05 Å². The van der Waals surface area contributed by atoms with Crippen molar-refractivity contribution in [2.24, 2.45) is 0 Å². The maximum atomic E-state index is 12.2. The van der Waals surface area contributed by atoms with Crippen molar-refractivity contribution in [3.8, 4) is 11.5 Å². The molecule has 0 heterocycles. The zero-order valence-corrected chi connectivity index (χ0v) is 17.6. The number of hydrogen-bond acceptors (Lipinski definition) is 3. The molecule has 0 saturated heterocycles. The standard InChI is InChI=1S/C20H27O4P.Li.H/c1-19(2,3)15-7-11-17(12-8-15)23-25(21,22)24-18-13-9-16(10-14-18)20(4,5)6;;/h7-14H,1-6H3,(H,21,22);;/q;+1;-1. The van der Waals surface area contributed by atoms with Crippen molar-refractivity contribution in [1.29, 1.82) is 0 Å². The Labute approximate surface area is 170 Å². The van der Waals surface area contributed by atoms with Gasteiger partial charge in [-0.15, -0.1) is 0 Å². The second-order valence-electron chi connectivity index (χ2n) is 8.20. The molecule has 138 valence electrons. The van der Waals surface area contributed by atoms with E-state index in [1.165, 1.54) is 0 Å². The SMILES string of the molecule is CC(C)(C)c1ccc(OP(=O)(O)Oc2ccc(C(C)(C)C)cc2)cc1.[H-].[Li+]. The first-order valence-electron chi connectivity index (χ1n) is 8.30. The quantitative estimate of drug-likeness (QED) is 0.664. The van der Waals surface area contributed by atoms with Gasteiger partial charge in [-0.3, -0.25) is 4.89 Å². The molecule has 2 aromatic carbocycles. The molecule has 2 aromatic rings. The summed E-state index contributed by atoms with van der Waals surface area (Å²) in [4.78, 5) is 9.99. The van der Waals surface area contributed by atoms with Crippen LogP contribution >= 0.6 is 7.82 Å². The minimum Gasteiger partial charge on any atom is -1.00 e. The van der Waals surface area contributed by atoms with Crippen molar-refractivity contribution in [3.63, 3.8) is 0 Å². The van der Waals surface area contributed by atoms with Crippen LogP contribution in [-0.4, -0.2) is 4.89 Å². The summed E-state index contributed by atoms with van der Waals surface area (Å²) < 4.78 is 22.5. The molecule has 0 spiro atoms. The van der Waals surface area contributed by atoms with Crippen LogP contribution in [0.2, 0.25) is 0 Å². The van der Waals surface area contributed by atoms with E-state index in [0.29, 0.717) is 11.5 Å². The molecule has 0 amide bonds. The fraction of sp³-hybridized carbons (Fsp3) is 0.400. The Morgan fingerprint density at radius 2 is 1.00 bits per heavy atom. The molecule has 0 aliphatic carbocycles. The van der Waals surface area contributed by atoms with Crippen molar-refractivity contribution < 1.29 is 38.8 Å². The van der Waals surface area contributed by atoms with Crippen molar-refractivity contribution in [1.82, 2.24) is 0 Å². The summed E-state index contributed by atoms with van der Waals surface area (Å²) in [7, 11) is -4.25. The van der Waals surface area contributed by atoms with Gasteiger partial charge in [-0.2, -0.15) is 0 Å². The Morgan fingerprint density at radius 1 is 0.731 bits per heavy atom. The summed E-state index contributed by atoms with van der Waals surface area (Å²) in [5.74, 6) is 0.593. The predicted octanol–water partition coefficient (Wildman–Crippen LogP) is 2.96. The molecule has 4 nitrogen and oxygen atoms in total. The maximum absolute atomic E-state index is 12.2. The smallest absolute Gasteiger partial charge is 1.00 e. The zero-order chi connectivity index (χ0) is 18.9. The molecule has 0 saturated carbocycles. The Bertz CT molecular complexity index is 699. The Balaban J connectivity index is 0.00000338. The van der Waals surface area contributed by atoms with E-state index < -0.39 is 7.82 Å².